The van der Waals surface area contributed by atoms with Crippen LogP contribution in [-0.4, -0.2) is 36.2 Å². The summed E-state index contributed by atoms with van der Waals surface area (Å²) in [4.78, 5) is 14.9. The van der Waals surface area contributed by atoms with E-state index in [0.717, 1.165) is 55.0 Å². The van der Waals surface area contributed by atoms with Gasteiger partial charge in [-0.15, -0.1) is 0 Å². The number of halogens is 1. The molecule has 1 fully saturated rings. The van der Waals surface area contributed by atoms with E-state index < -0.39 is 0 Å². The molecular formula is C23H29BrN2OS. The van der Waals surface area contributed by atoms with Crippen molar-refractivity contribution in [3.05, 3.63) is 69.7 Å². The SMILES string of the molecule is Cc1cccc(CSCCNC(=O)C2CCN(Cc3cccc(Br)c3)CC2)c1. The van der Waals surface area contributed by atoms with Crippen LogP contribution >= 0.6 is 27.7 Å². The number of likely N-dealkylation sites (tertiary alicyclic amines) is 1. The molecule has 150 valence electrons. The van der Waals surface area contributed by atoms with Crippen molar-refractivity contribution in [2.45, 2.75) is 32.1 Å². The van der Waals surface area contributed by atoms with Gasteiger partial charge in [-0.2, -0.15) is 11.8 Å². The molecule has 0 unspecified atom stereocenters. The second-order valence-corrected chi connectivity index (χ2v) is 9.53. The molecule has 1 aliphatic rings. The van der Waals surface area contributed by atoms with E-state index in [4.69, 9.17) is 0 Å². The average Bonchev–Trinajstić information content (AvgIpc) is 2.68. The summed E-state index contributed by atoms with van der Waals surface area (Å²) in [7, 11) is 0. The number of amides is 1. The third kappa shape index (κ3) is 6.94. The quantitative estimate of drug-likeness (QED) is 0.561. The van der Waals surface area contributed by atoms with E-state index in [1.807, 2.05) is 11.8 Å². The van der Waals surface area contributed by atoms with Crippen molar-refractivity contribution in [1.82, 2.24) is 10.2 Å². The van der Waals surface area contributed by atoms with Crippen LogP contribution in [0.1, 0.15) is 29.5 Å². The summed E-state index contributed by atoms with van der Waals surface area (Å²) < 4.78 is 1.12. The highest BCUT2D eigenvalue weighted by molar-refractivity contribution is 9.10. The lowest BCUT2D eigenvalue weighted by atomic mass is 9.95. The fourth-order valence-electron chi connectivity index (χ4n) is 3.63. The lowest BCUT2D eigenvalue weighted by Crippen LogP contribution is -2.40. The second-order valence-electron chi connectivity index (χ2n) is 7.51. The molecule has 0 bridgehead atoms. The van der Waals surface area contributed by atoms with Crippen molar-refractivity contribution in [3.8, 4) is 0 Å². The number of thioether (sulfide) groups is 1. The Balaban J connectivity index is 1.30. The Kier molecular flexibility index (Phi) is 8.44. The Morgan fingerprint density at radius 1 is 1.14 bits per heavy atom. The third-order valence-electron chi connectivity index (χ3n) is 5.15. The monoisotopic (exact) mass is 460 g/mol. The van der Waals surface area contributed by atoms with Crippen LogP contribution in [-0.2, 0) is 17.1 Å². The highest BCUT2D eigenvalue weighted by Gasteiger charge is 2.24. The molecule has 5 heteroatoms. The van der Waals surface area contributed by atoms with E-state index in [1.54, 1.807) is 0 Å². The van der Waals surface area contributed by atoms with Crippen molar-refractivity contribution in [3.63, 3.8) is 0 Å². The molecule has 0 radical (unpaired) electrons. The van der Waals surface area contributed by atoms with E-state index in [0.29, 0.717) is 0 Å². The number of carbonyl (C=O) groups is 1. The summed E-state index contributed by atoms with van der Waals surface area (Å²) in [6.07, 6.45) is 1.91. The van der Waals surface area contributed by atoms with Crippen LogP contribution in [0.5, 0.6) is 0 Å². The van der Waals surface area contributed by atoms with Gasteiger partial charge < -0.3 is 5.32 Å². The van der Waals surface area contributed by atoms with Gasteiger partial charge in [0.2, 0.25) is 5.91 Å². The van der Waals surface area contributed by atoms with Crippen LogP contribution in [0.15, 0.2) is 53.0 Å². The summed E-state index contributed by atoms with van der Waals surface area (Å²) in [6.45, 7) is 5.83. The van der Waals surface area contributed by atoms with Gasteiger partial charge in [0.1, 0.15) is 0 Å². The van der Waals surface area contributed by atoms with Crippen LogP contribution in [0.3, 0.4) is 0 Å². The molecule has 1 N–H and O–H groups in total. The maximum absolute atomic E-state index is 12.4. The van der Waals surface area contributed by atoms with Gasteiger partial charge in [0.05, 0.1) is 0 Å². The van der Waals surface area contributed by atoms with Crippen LogP contribution in [0, 0.1) is 12.8 Å². The molecule has 1 amide bonds. The number of carbonyl (C=O) groups excluding carboxylic acids is 1. The van der Waals surface area contributed by atoms with E-state index in [-0.39, 0.29) is 11.8 Å². The zero-order valence-electron chi connectivity index (χ0n) is 16.5. The first kappa shape index (κ1) is 21.4. The minimum absolute atomic E-state index is 0.167. The smallest absolute Gasteiger partial charge is 0.223 e. The highest BCUT2D eigenvalue weighted by atomic mass is 79.9. The Bertz CT molecular complexity index is 775. The third-order valence-corrected chi connectivity index (χ3v) is 6.67. The lowest BCUT2D eigenvalue weighted by molar-refractivity contribution is -0.126. The van der Waals surface area contributed by atoms with Crippen LogP contribution in [0.2, 0.25) is 0 Å². The van der Waals surface area contributed by atoms with Gasteiger partial charge in [-0.3, -0.25) is 9.69 Å². The molecule has 0 aromatic heterocycles. The molecule has 2 aromatic carbocycles. The molecule has 1 saturated heterocycles. The topological polar surface area (TPSA) is 32.3 Å². The first-order valence-electron chi connectivity index (χ1n) is 9.98. The zero-order valence-corrected chi connectivity index (χ0v) is 18.9. The Morgan fingerprint density at radius 2 is 1.89 bits per heavy atom. The first-order valence-corrected chi connectivity index (χ1v) is 11.9. The van der Waals surface area contributed by atoms with Crippen LogP contribution in [0.25, 0.3) is 0 Å². The Morgan fingerprint density at radius 3 is 2.64 bits per heavy atom. The summed E-state index contributed by atoms with van der Waals surface area (Å²) >= 11 is 5.41. The van der Waals surface area contributed by atoms with Gasteiger partial charge >= 0.3 is 0 Å². The van der Waals surface area contributed by atoms with Gasteiger partial charge in [0.25, 0.3) is 0 Å². The molecule has 1 aliphatic heterocycles. The molecule has 2 aromatic rings. The number of piperidine rings is 1. The highest BCUT2D eigenvalue weighted by Crippen LogP contribution is 2.20. The summed E-state index contributed by atoms with van der Waals surface area (Å²) in [6, 6.07) is 17.1. The van der Waals surface area contributed by atoms with Crippen molar-refractivity contribution < 1.29 is 4.79 Å². The molecule has 1 heterocycles. The predicted octanol–water partition coefficient (Wildman–Crippen LogP) is 5.02. The number of hydrogen-bond donors (Lipinski definition) is 1. The molecule has 0 aliphatic carbocycles. The molecule has 3 nitrogen and oxygen atoms in total. The molecule has 3 rings (SSSR count). The number of benzene rings is 2. The zero-order chi connectivity index (χ0) is 19.8. The summed E-state index contributed by atoms with van der Waals surface area (Å²) in [5.74, 6) is 2.37. The van der Waals surface area contributed by atoms with Crippen molar-refractivity contribution >= 4 is 33.6 Å². The fourth-order valence-corrected chi connectivity index (χ4v) is 4.88. The summed E-state index contributed by atoms with van der Waals surface area (Å²) in [5.41, 5.74) is 3.98. The largest absolute Gasteiger partial charge is 0.355 e. The van der Waals surface area contributed by atoms with E-state index in [2.05, 4.69) is 81.6 Å². The van der Waals surface area contributed by atoms with Crippen LogP contribution in [0.4, 0.5) is 0 Å². The Hall–Kier alpha value is -1.30. The molecule has 28 heavy (non-hydrogen) atoms. The number of rotatable bonds is 8. The maximum Gasteiger partial charge on any atom is 0.223 e. The van der Waals surface area contributed by atoms with Gasteiger partial charge in [-0.1, -0.05) is 57.9 Å². The molecule has 0 atom stereocenters. The van der Waals surface area contributed by atoms with Crippen LogP contribution < -0.4 is 5.32 Å². The molecule has 0 saturated carbocycles. The van der Waals surface area contributed by atoms with Gasteiger partial charge in [-0.25, -0.2) is 0 Å². The molecular weight excluding hydrogens is 432 g/mol. The van der Waals surface area contributed by atoms with E-state index in [9.17, 15) is 4.79 Å². The maximum atomic E-state index is 12.4. The van der Waals surface area contributed by atoms with Gasteiger partial charge in [-0.05, 0) is 56.1 Å². The van der Waals surface area contributed by atoms with Crippen molar-refractivity contribution in [2.24, 2.45) is 5.92 Å². The average molecular weight is 461 g/mol. The number of hydrogen-bond acceptors (Lipinski definition) is 3. The summed E-state index contributed by atoms with van der Waals surface area (Å²) in [5, 5.41) is 3.14. The number of nitrogens with zero attached hydrogens (tertiary/aromatic N) is 1. The normalized spacial score (nSPS) is 15.5. The molecule has 0 spiro atoms. The van der Waals surface area contributed by atoms with E-state index in [1.165, 1.54) is 16.7 Å². The number of nitrogens with one attached hydrogen (secondary N) is 1. The van der Waals surface area contributed by atoms with Crippen molar-refractivity contribution in [1.29, 1.82) is 0 Å². The predicted molar refractivity (Wildman–Crippen MR) is 122 cm³/mol. The van der Waals surface area contributed by atoms with Crippen molar-refractivity contribution in [2.75, 3.05) is 25.4 Å². The first-order chi connectivity index (χ1) is 13.6. The minimum atomic E-state index is 0.167. The van der Waals surface area contributed by atoms with Gasteiger partial charge in [0, 0.05) is 35.0 Å². The Labute approximate surface area is 181 Å². The van der Waals surface area contributed by atoms with Gasteiger partial charge in [0.15, 0.2) is 0 Å². The second kappa shape index (κ2) is 11.0. The van der Waals surface area contributed by atoms with E-state index >= 15 is 0 Å². The standard InChI is InChI=1S/C23H29BrN2OS/c1-18-4-2-6-20(14-18)17-28-13-10-25-23(27)21-8-11-26(12-9-21)16-19-5-3-7-22(24)15-19/h2-7,14-15,21H,8-13,16-17H2,1H3,(H,25,27). The number of aryl methyl sites for hydroxylation is 1. The fraction of sp³-hybridized carbons (Fsp3) is 0.435. The lowest BCUT2D eigenvalue weighted by Gasteiger charge is -2.31. The minimum Gasteiger partial charge on any atom is -0.355 e.